The second-order valence-corrected chi connectivity index (χ2v) is 6.92. The van der Waals surface area contributed by atoms with Crippen LogP contribution in [0.4, 0.5) is 5.69 Å². The lowest BCUT2D eigenvalue weighted by Crippen LogP contribution is -2.38. The highest BCUT2D eigenvalue weighted by Gasteiger charge is 2.24. The third-order valence-electron chi connectivity index (χ3n) is 4.69. The van der Waals surface area contributed by atoms with Gasteiger partial charge in [-0.05, 0) is 25.2 Å². The summed E-state index contributed by atoms with van der Waals surface area (Å²) in [5.41, 5.74) is 1.69. The molecule has 1 aliphatic heterocycles. The summed E-state index contributed by atoms with van der Waals surface area (Å²) in [4.78, 5) is 15.1. The van der Waals surface area contributed by atoms with E-state index in [4.69, 9.17) is 14.2 Å². The molecular weight excluding hydrogens is 368 g/mol. The molecule has 2 aromatic rings. The second-order valence-electron chi connectivity index (χ2n) is 6.92. The van der Waals surface area contributed by atoms with Crippen LogP contribution in [0.25, 0.3) is 0 Å². The molecule has 6 heteroatoms. The van der Waals surface area contributed by atoms with E-state index in [2.05, 4.69) is 11.9 Å². The standard InChI is InChI=1S/C23H28N2O4/c1-4-11-27-20-8-6-5-7-18(20)16-25(23(26)17(2)15-24-3)19-9-10-21-22(14-19)29-13-12-28-21/h4-10,14,17,24H,1,11-13,15-16H2,2-3H3. The molecule has 0 radical (unpaired) electrons. The maximum atomic E-state index is 13.3. The number of ether oxygens (including phenoxy) is 3. The van der Waals surface area contributed by atoms with Gasteiger partial charge < -0.3 is 24.4 Å². The lowest BCUT2D eigenvalue weighted by Gasteiger charge is -2.28. The molecule has 0 aromatic heterocycles. The number of rotatable bonds is 9. The fourth-order valence-electron chi connectivity index (χ4n) is 3.25. The molecule has 0 bridgehead atoms. The maximum Gasteiger partial charge on any atom is 0.231 e. The van der Waals surface area contributed by atoms with Gasteiger partial charge in [0, 0.05) is 29.8 Å². The average Bonchev–Trinajstić information content (AvgIpc) is 2.76. The van der Waals surface area contributed by atoms with Crippen LogP contribution < -0.4 is 24.4 Å². The van der Waals surface area contributed by atoms with E-state index in [-0.39, 0.29) is 11.8 Å². The average molecular weight is 396 g/mol. The topological polar surface area (TPSA) is 60.0 Å². The Kier molecular flexibility index (Phi) is 7.14. The van der Waals surface area contributed by atoms with Crippen LogP contribution >= 0.6 is 0 Å². The summed E-state index contributed by atoms with van der Waals surface area (Å²) in [6.45, 7) is 8.04. The van der Waals surface area contributed by atoms with Crippen molar-refractivity contribution in [3.63, 3.8) is 0 Å². The Morgan fingerprint density at radius 1 is 1.24 bits per heavy atom. The van der Waals surface area contributed by atoms with Gasteiger partial charge in [-0.25, -0.2) is 0 Å². The van der Waals surface area contributed by atoms with Gasteiger partial charge in [0.15, 0.2) is 11.5 Å². The largest absolute Gasteiger partial charge is 0.489 e. The molecule has 1 N–H and O–H groups in total. The second kappa shape index (κ2) is 9.98. The molecule has 1 atom stereocenters. The number of anilines is 1. The minimum Gasteiger partial charge on any atom is -0.489 e. The molecular formula is C23H28N2O4. The van der Waals surface area contributed by atoms with Gasteiger partial charge in [-0.1, -0.05) is 37.8 Å². The number of nitrogens with zero attached hydrogens (tertiary/aromatic N) is 1. The van der Waals surface area contributed by atoms with Gasteiger partial charge in [-0.15, -0.1) is 0 Å². The lowest BCUT2D eigenvalue weighted by atomic mass is 10.1. The summed E-state index contributed by atoms with van der Waals surface area (Å²) in [7, 11) is 1.84. The van der Waals surface area contributed by atoms with Gasteiger partial charge in [0.25, 0.3) is 0 Å². The Bertz CT molecular complexity index is 853. The van der Waals surface area contributed by atoms with Crippen molar-refractivity contribution < 1.29 is 19.0 Å². The van der Waals surface area contributed by atoms with Crippen LogP contribution in [-0.4, -0.2) is 39.3 Å². The Labute approximate surface area is 172 Å². The number of benzene rings is 2. The molecule has 0 fully saturated rings. The third-order valence-corrected chi connectivity index (χ3v) is 4.69. The number of amides is 1. The molecule has 6 nitrogen and oxygen atoms in total. The third kappa shape index (κ3) is 5.09. The Morgan fingerprint density at radius 3 is 2.76 bits per heavy atom. The van der Waals surface area contributed by atoms with E-state index >= 15 is 0 Å². The summed E-state index contributed by atoms with van der Waals surface area (Å²) in [6, 6.07) is 13.4. The Morgan fingerprint density at radius 2 is 2.00 bits per heavy atom. The predicted molar refractivity (Wildman–Crippen MR) is 114 cm³/mol. The quantitative estimate of drug-likeness (QED) is 0.658. The SMILES string of the molecule is C=CCOc1ccccc1CN(C(=O)C(C)CNC)c1ccc2c(c1)OCCO2. The summed E-state index contributed by atoms with van der Waals surface area (Å²) in [5.74, 6) is 1.93. The van der Waals surface area contributed by atoms with E-state index in [1.54, 1.807) is 11.0 Å². The molecule has 29 heavy (non-hydrogen) atoms. The summed E-state index contributed by atoms with van der Waals surface area (Å²) in [5, 5.41) is 3.08. The fourth-order valence-corrected chi connectivity index (χ4v) is 3.25. The number of carbonyl (C=O) groups is 1. The van der Waals surface area contributed by atoms with E-state index in [0.29, 0.717) is 44.4 Å². The first-order chi connectivity index (χ1) is 14.1. The highest BCUT2D eigenvalue weighted by atomic mass is 16.6. The number of nitrogens with one attached hydrogen (secondary N) is 1. The smallest absolute Gasteiger partial charge is 0.231 e. The minimum atomic E-state index is -0.186. The van der Waals surface area contributed by atoms with Gasteiger partial charge in [0.1, 0.15) is 25.6 Å². The molecule has 0 spiro atoms. The van der Waals surface area contributed by atoms with Crippen molar-refractivity contribution in [1.82, 2.24) is 5.32 Å². The van der Waals surface area contributed by atoms with Crippen LogP contribution in [0.2, 0.25) is 0 Å². The fraction of sp³-hybridized carbons (Fsp3) is 0.348. The monoisotopic (exact) mass is 396 g/mol. The Balaban J connectivity index is 1.94. The predicted octanol–water partition coefficient (Wildman–Crippen LogP) is 3.41. The maximum absolute atomic E-state index is 13.3. The first-order valence-electron chi connectivity index (χ1n) is 9.81. The van der Waals surface area contributed by atoms with Crippen LogP contribution in [0.3, 0.4) is 0 Å². The number of para-hydroxylation sites is 1. The van der Waals surface area contributed by atoms with Crippen LogP contribution in [0, 0.1) is 5.92 Å². The molecule has 1 heterocycles. The van der Waals surface area contributed by atoms with Crippen LogP contribution in [0.5, 0.6) is 17.2 Å². The molecule has 0 saturated carbocycles. The zero-order valence-electron chi connectivity index (χ0n) is 17.0. The highest BCUT2D eigenvalue weighted by Crippen LogP contribution is 2.35. The summed E-state index contributed by atoms with van der Waals surface area (Å²) < 4.78 is 17.1. The molecule has 0 saturated heterocycles. The molecule has 154 valence electrons. The first-order valence-corrected chi connectivity index (χ1v) is 9.81. The van der Waals surface area contributed by atoms with Crippen molar-refractivity contribution in [2.75, 3.05) is 38.3 Å². The minimum absolute atomic E-state index is 0.0227. The molecule has 3 rings (SSSR count). The van der Waals surface area contributed by atoms with E-state index < -0.39 is 0 Å². The van der Waals surface area contributed by atoms with Crippen LogP contribution in [0.15, 0.2) is 55.1 Å². The van der Waals surface area contributed by atoms with Crippen LogP contribution in [0.1, 0.15) is 12.5 Å². The van der Waals surface area contributed by atoms with Gasteiger partial charge in [0.2, 0.25) is 5.91 Å². The zero-order valence-corrected chi connectivity index (χ0v) is 17.0. The van der Waals surface area contributed by atoms with Crippen molar-refractivity contribution in [1.29, 1.82) is 0 Å². The van der Waals surface area contributed by atoms with E-state index in [0.717, 1.165) is 17.0 Å². The van der Waals surface area contributed by atoms with Crippen molar-refractivity contribution >= 4 is 11.6 Å². The van der Waals surface area contributed by atoms with Gasteiger partial charge in [-0.2, -0.15) is 0 Å². The first kappa shape index (κ1) is 20.7. The lowest BCUT2D eigenvalue weighted by molar-refractivity contribution is -0.121. The van der Waals surface area contributed by atoms with Gasteiger partial charge in [-0.3, -0.25) is 4.79 Å². The van der Waals surface area contributed by atoms with Gasteiger partial charge >= 0.3 is 0 Å². The summed E-state index contributed by atoms with van der Waals surface area (Å²) in [6.07, 6.45) is 1.70. The number of fused-ring (bicyclic) bond motifs is 1. The number of hydrogen-bond acceptors (Lipinski definition) is 5. The normalized spacial score (nSPS) is 13.4. The van der Waals surface area contributed by atoms with E-state index in [1.165, 1.54) is 0 Å². The number of carbonyl (C=O) groups excluding carboxylic acids is 1. The van der Waals surface area contributed by atoms with Crippen LogP contribution in [-0.2, 0) is 11.3 Å². The van der Waals surface area contributed by atoms with Gasteiger partial charge in [0.05, 0.1) is 6.54 Å². The van der Waals surface area contributed by atoms with E-state index in [9.17, 15) is 4.79 Å². The van der Waals surface area contributed by atoms with Crippen molar-refractivity contribution in [2.24, 2.45) is 5.92 Å². The summed E-state index contributed by atoms with van der Waals surface area (Å²) >= 11 is 0. The molecule has 2 aromatic carbocycles. The molecule has 1 unspecified atom stereocenters. The number of hydrogen-bond donors (Lipinski definition) is 1. The Hall–Kier alpha value is -2.99. The van der Waals surface area contributed by atoms with E-state index in [1.807, 2.05) is 56.4 Å². The molecule has 0 aliphatic carbocycles. The molecule has 1 amide bonds. The van der Waals surface area contributed by atoms with Crippen molar-refractivity contribution in [3.8, 4) is 17.2 Å². The zero-order chi connectivity index (χ0) is 20.6. The highest BCUT2D eigenvalue weighted by molar-refractivity contribution is 5.95. The molecule has 1 aliphatic rings. The van der Waals surface area contributed by atoms with Crippen molar-refractivity contribution in [3.05, 3.63) is 60.7 Å². The van der Waals surface area contributed by atoms with Crippen molar-refractivity contribution in [2.45, 2.75) is 13.5 Å².